The Labute approximate surface area is 113 Å². The van der Waals surface area contributed by atoms with Crippen LogP contribution >= 0.6 is 0 Å². The molecule has 19 heavy (non-hydrogen) atoms. The lowest BCUT2D eigenvalue weighted by molar-refractivity contribution is 0.171. The first kappa shape index (κ1) is 14.3. The van der Waals surface area contributed by atoms with Crippen molar-refractivity contribution in [2.75, 3.05) is 25.2 Å². The van der Waals surface area contributed by atoms with Crippen LogP contribution in [0.5, 0.6) is 5.75 Å². The van der Waals surface area contributed by atoms with E-state index in [0.29, 0.717) is 13.0 Å². The number of ether oxygens (including phenoxy) is 1. The quantitative estimate of drug-likeness (QED) is 0.824. The van der Waals surface area contributed by atoms with Crippen molar-refractivity contribution in [3.63, 3.8) is 0 Å². The number of aliphatic hydroxyl groups is 1. The van der Waals surface area contributed by atoms with E-state index in [1.54, 1.807) is 31.4 Å². The van der Waals surface area contributed by atoms with Crippen molar-refractivity contribution in [1.29, 1.82) is 0 Å². The summed E-state index contributed by atoms with van der Waals surface area (Å²) < 4.78 is 27.7. The molecular weight excluding hydrogens is 266 g/mol. The van der Waals surface area contributed by atoms with Crippen LogP contribution in [0.3, 0.4) is 0 Å². The topological polar surface area (TPSA) is 75.6 Å². The minimum atomic E-state index is -2.88. The third-order valence-corrected chi connectivity index (χ3v) is 5.10. The molecule has 5 nitrogen and oxygen atoms in total. The first-order valence-electron chi connectivity index (χ1n) is 6.26. The van der Waals surface area contributed by atoms with E-state index in [9.17, 15) is 13.5 Å². The molecular formula is C13H19NO4S. The average Bonchev–Trinajstić information content (AvgIpc) is 2.76. The van der Waals surface area contributed by atoms with E-state index >= 15 is 0 Å². The van der Waals surface area contributed by atoms with Crippen molar-refractivity contribution in [3.05, 3.63) is 29.8 Å². The van der Waals surface area contributed by atoms with Gasteiger partial charge in [0.25, 0.3) is 0 Å². The summed E-state index contributed by atoms with van der Waals surface area (Å²) in [6.07, 6.45) is -0.0216. The average molecular weight is 285 g/mol. The van der Waals surface area contributed by atoms with Gasteiger partial charge in [-0.05, 0) is 24.1 Å². The van der Waals surface area contributed by atoms with Crippen LogP contribution in [0.2, 0.25) is 0 Å². The molecule has 1 aromatic carbocycles. The smallest absolute Gasteiger partial charge is 0.151 e. The number of nitrogens with one attached hydrogen (secondary N) is 1. The van der Waals surface area contributed by atoms with Crippen molar-refractivity contribution < 1.29 is 18.3 Å². The normalized spacial score (nSPS) is 23.2. The maximum atomic E-state index is 11.3. The van der Waals surface area contributed by atoms with Crippen molar-refractivity contribution in [1.82, 2.24) is 5.32 Å². The second kappa shape index (κ2) is 5.90. The maximum Gasteiger partial charge on any atom is 0.151 e. The predicted molar refractivity (Wildman–Crippen MR) is 73.0 cm³/mol. The fourth-order valence-corrected chi connectivity index (χ4v) is 3.89. The monoisotopic (exact) mass is 285 g/mol. The summed E-state index contributed by atoms with van der Waals surface area (Å²) in [5.74, 6) is 1.15. The minimum Gasteiger partial charge on any atom is -0.497 e. The molecule has 1 aliphatic heterocycles. The van der Waals surface area contributed by atoms with Crippen LogP contribution < -0.4 is 10.1 Å². The molecule has 2 rings (SSSR count). The van der Waals surface area contributed by atoms with Crippen LogP contribution in [0.4, 0.5) is 0 Å². The molecule has 0 spiro atoms. The molecule has 0 aliphatic carbocycles. The zero-order chi connectivity index (χ0) is 13.9. The van der Waals surface area contributed by atoms with Crippen LogP contribution in [0.25, 0.3) is 0 Å². The Balaban J connectivity index is 1.85. The summed E-state index contributed by atoms with van der Waals surface area (Å²) >= 11 is 0. The van der Waals surface area contributed by atoms with Gasteiger partial charge in [0.2, 0.25) is 0 Å². The van der Waals surface area contributed by atoms with E-state index in [0.717, 1.165) is 11.3 Å². The highest BCUT2D eigenvalue weighted by atomic mass is 32.2. The molecule has 2 N–H and O–H groups in total. The first-order chi connectivity index (χ1) is 9.00. The summed E-state index contributed by atoms with van der Waals surface area (Å²) in [6, 6.07) is 7.14. The van der Waals surface area contributed by atoms with E-state index in [1.165, 1.54) is 0 Å². The van der Waals surface area contributed by atoms with Crippen molar-refractivity contribution in [3.8, 4) is 5.75 Å². The third kappa shape index (κ3) is 3.92. The van der Waals surface area contributed by atoms with Crippen LogP contribution in [-0.4, -0.2) is 44.7 Å². The SMILES string of the molecule is COc1ccc(C(O)CNC2CCS(=O)(=O)C2)cc1. The van der Waals surface area contributed by atoms with Crippen LogP contribution in [0, 0.1) is 0 Å². The van der Waals surface area contributed by atoms with E-state index in [4.69, 9.17) is 4.74 Å². The number of hydrogen-bond acceptors (Lipinski definition) is 5. The summed E-state index contributed by atoms with van der Waals surface area (Å²) in [5.41, 5.74) is 0.786. The summed E-state index contributed by atoms with van der Waals surface area (Å²) in [5, 5.41) is 13.1. The molecule has 0 saturated carbocycles. The van der Waals surface area contributed by atoms with Gasteiger partial charge in [0.05, 0.1) is 24.7 Å². The molecule has 0 amide bonds. The van der Waals surface area contributed by atoms with Gasteiger partial charge in [0.1, 0.15) is 5.75 Å². The molecule has 1 fully saturated rings. The van der Waals surface area contributed by atoms with Gasteiger partial charge in [-0.1, -0.05) is 12.1 Å². The number of methoxy groups -OCH3 is 1. The van der Waals surface area contributed by atoms with E-state index in [-0.39, 0.29) is 17.5 Å². The Kier molecular flexibility index (Phi) is 4.44. The van der Waals surface area contributed by atoms with Crippen LogP contribution in [0.1, 0.15) is 18.1 Å². The van der Waals surface area contributed by atoms with Crippen LogP contribution in [0.15, 0.2) is 24.3 Å². The van der Waals surface area contributed by atoms with Gasteiger partial charge in [-0.15, -0.1) is 0 Å². The Morgan fingerprint density at radius 2 is 2.11 bits per heavy atom. The molecule has 0 bridgehead atoms. The van der Waals surface area contributed by atoms with Crippen molar-refractivity contribution in [2.24, 2.45) is 0 Å². The number of hydrogen-bond donors (Lipinski definition) is 2. The predicted octanol–water partition coefficient (Wildman–Crippen LogP) is 0.505. The lowest BCUT2D eigenvalue weighted by Crippen LogP contribution is -2.33. The van der Waals surface area contributed by atoms with Gasteiger partial charge < -0.3 is 15.2 Å². The molecule has 1 saturated heterocycles. The summed E-state index contributed by atoms with van der Waals surface area (Å²) in [7, 11) is -1.29. The van der Waals surface area contributed by atoms with Crippen molar-refractivity contribution in [2.45, 2.75) is 18.6 Å². The second-order valence-electron chi connectivity index (χ2n) is 4.80. The van der Waals surface area contributed by atoms with Gasteiger partial charge in [0, 0.05) is 12.6 Å². The van der Waals surface area contributed by atoms with Crippen molar-refractivity contribution >= 4 is 9.84 Å². The van der Waals surface area contributed by atoms with Gasteiger partial charge in [0.15, 0.2) is 9.84 Å². The Bertz CT molecular complexity index is 512. The second-order valence-corrected chi connectivity index (χ2v) is 7.03. The number of aliphatic hydroxyl groups excluding tert-OH is 1. The van der Waals surface area contributed by atoms with Crippen LogP contribution in [-0.2, 0) is 9.84 Å². The fourth-order valence-electron chi connectivity index (χ4n) is 2.18. The Morgan fingerprint density at radius 3 is 2.63 bits per heavy atom. The molecule has 1 aliphatic rings. The van der Waals surface area contributed by atoms with E-state index < -0.39 is 15.9 Å². The minimum absolute atomic E-state index is 0.0436. The highest BCUT2D eigenvalue weighted by Gasteiger charge is 2.27. The van der Waals surface area contributed by atoms with Gasteiger partial charge in [-0.25, -0.2) is 8.42 Å². The number of sulfone groups is 1. The number of benzene rings is 1. The molecule has 0 aromatic heterocycles. The highest BCUT2D eigenvalue weighted by Crippen LogP contribution is 2.18. The Morgan fingerprint density at radius 1 is 1.42 bits per heavy atom. The maximum absolute atomic E-state index is 11.3. The van der Waals surface area contributed by atoms with Gasteiger partial charge in [-0.3, -0.25) is 0 Å². The zero-order valence-electron chi connectivity index (χ0n) is 10.9. The zero-order valence-corrected chi connectivity index (χ0v) is 11.7. The fraction of sp³-hybridized carbons (Fsp3) is 0.538. The molecule has 2 unspecified atom stereocenters. The molecule has 1 aromatic rings. The first-order valence-corrected chi connectivity index (χ1v) is 8.08. The largest absolute Gasteiger partial charge is 0.497 e. The molecule has 106 valence electrons. The Hall–Kier alpha value is -1.11. The molecule has 6 heteroatoms. The van der Waals surface area contributed by atoms with Gasteiger partial charge >= 0.3 is 0 Å². The highest BCUT2D eigenvalue weighted by molar-refractivity contribution is 7.91. The number of rotatable bonds is 5. The van der Waals surface area contributed by atoms with E-state index in [1.807, 2.05) is 0 Å². The molecule has 1 heterocycles. The summed E-state index contributed by atoms with van der Waals surface area (Å²) in [6.45, 7) is 0.354. The lowest BCUT2D eigenvalue weighted by Gasteiger charge is -2.16. The van der Waals surface area contributed by atoms with Gasteiger partial charge in [-0.2, -0.15) is 0 Å². The summed E-state index contributed by atoms with van der Waals surface area (Å²) in [4.78, 5) is 0. The standard InChI is InChI=1S/C13H19NO4S/c1-18-12-4-2-10(3-5-12)13(15)8-14-11-6-7-19(16,17)9-11/h2-5,11,13-15H,6-9H2,1H3. The third-order valence-electron chi connectivity index (χ3n) is 3.33. The molecule has 0 radical (unpaired) electrons. The molecule has 2 atom stereocenters. The van der Waals surface area contributed by atoms with E-state index in [2.05, 4.69) is 5.32 Å². The lowest BCUT2D eigenvalue weighted by atomic mass is 10.1.